The van der Waals surface area contributed by atoms with Gasteiger partial charge in [0.05, 0.1) is 59.9 Å². The summed E-state index contributed by atoms with van der Waals surface area (Å²) in [6.07, 6.45) is 0. The molecule has 25 heteroatoms. The van der Waals surface area contributed by atoms with Gasteiger partial charge in [0, 0.05) is 10.9 Å². The van der Waals surface area contributed by atoms with Gasteiger partial charge >= 0.3 is 115 Å². The smallest absolute Gasteiger partial charge is 0.870 e. The van der Waals surface area contributed by atoms with Crippen molar-refractivity contribution in [1.29, 1.82) is 0 Å². The van der Waals surface area contributed by atoms with Crippen LogP contribution in [0.2, 0.25) is 0 Å². The molecule has 3 aliphatic rings. The predicted molar refractivity (Wildman–Crippen MR) is 236 cm³/mol. The van der Waals surface area contributed by atoms with Gasteiger partial charge in [-0.05, 0) is 108 Å². The standard InChI is InChI=1S/C15H19BBrFO4.C15H20BFO4.C8H6BFO4.BHNS.ClH.K.H2O/c1-14(2)15(3,4)22-16(21-14)11-7-6-9(13(19)20-5)12(18)10(11)8-17;1-9-11(8-7-10(12(9)17)13(18)19-6)16-20-14(2,3)15(4,5)21-16;10-7-4(8(11)12)1-2-6-5(7)3-14-9(6)13;1-2-3;;;/h6-7H,8H2,1-5H3;7-8H,1-6H3;1-2,13H,3H2,(H,11,12);3H;1H;;1H2/q;;;;;+1;/p-1. The molecule has 0 unspecified atom stereocenters. The molecule has 63 heavy (non-hydrogen) atoms. The largest absolute Gasteiger partial charge is 1.00 e. The summed E-state index contributed by atoms with van der Waals surface area (Å²) in [4.78, 5) is 33.7. The molecule has 0 amide bonds. The van der Waals surface area contributed by atoms with E-state index in [0.717, 1.165) is 6.07 Å². The van der Waals surface area contributed by atoms with Gasteiger partial charge in [-0.15, -0.1) is 12.4 Å². The number of hydrogen-bond acceptors (Lipinski definition) is 14. The first kappa shape index (κ1) is 61.4. The van der Waals surface area contributed by atoms with Gasteiger partial charge in [0.15, 0.2) is 0 Å². The van der Waals surface area contributed by atoms with E-state index >= 15 is 0 Å². The molecule has 2 fully saturated rings. The number of carbonyl (C=O) groups excluding carboxylic acids is 2. The Bertz CT molecular complexity index is 2100. The second-order valence-electron chi connectivity index (χ2n) is 15.5. The van der Waals surface area contributed by atoms with Crippen LogP contribution in [0.1, 0.15) is 103 Å². The molecule has 1 radical (unpaired) electrons. The molecule has 14 nitrogen and oxygen atoms in total. The van der Waals surface area contributed by atoms with Crippen LogP contribution in [0.25, 0.3) is 0 Å². The van der Waals surface area contributed by atoms with Crippen LogP contribution in [0.4, 0.5) is 13.2 Å². The number of methoxy groups -OCH3 is 2. The van der Waals surface area contributed by atoms with Gasteiger partial charge in [0.1, 0.15) is 17.5 Å². The Balaban J connectivity index is 0.000000883. The van der Waals surface area contributed by atoms with Crippen molar-refractivity contribution in [1.82, 2.24) is 0 Å². The predicted octanol–water partition coefficient (Wildman–Crippen LogP) is 2.20. The summed E-state index contributed by atoms with van der Waals surface area (Å²) in [6, 6.07) is 8.57. The topological polar surface area (TPSA) is 199 Å². The van der Waals surface area contributed by atoms with Crippen molar-refractivity contribution in [2.45, 2.75) is 96.7 Å². The second-order valence-corrected chi connectivity index (χ2v) is 16.3. The fourth-order valence-corrected chi connectivity index (χ4v) is 6.42. The molecule has 3 aromatic carbocycles. The molecule has 3 aromatic rings. The number of carboxylic acid groups (broad SMARTS) is 1. The summed E-state index contributed by atoms with van der Waals surface area (Å²) < 4.78 is 82.6. The summed E-state index contributed by atoms with van der Waals surface area (Å²) in [5.74, 6) is -4.78. The third kappa shape index (κ3) is 13.7. The van der Waals surface area contributed by atoms with Gasteiger partial charge in [0.25, 0.3) is 0 Å². The monoisotopic (exact) mass is 1010 g/mol. The molecular weight excluding hydrogens is 965 g/mol. The molecule has 0 spiro atoms. The van der Waals surface area contributed by atoms with Crippen LogP contribution in [0.3, 0.4) is 0 Å². The van der Waals surface area contributed by atoms with E-state index in [4.69, 9.17) is 28.4 Å². The van der Waals surface area contributed by atoms with Crippen molar-refractivity contribution >= 4 is 104 Å². The first-order chi connectivity index (χ1) is 27.8. The molecule has 0 aliphatic carbocycles. The molecule has 6 rings (SSSR count). The molecule has 3 aliphatic heterocycles. The van der Waals surface area contributed by atoms with Gasteiger partial charge in [-0.1, -0.05) is 34.1 Å². The number of thiol groups is 1. The molecule has 0 aromatic heterocycles. The number of esters is 2. The van der Waals surface area contributed by atoms with Crippen molar-refractivity contribution in [2.75, 3.05) is 14.2 Å². The number of rotatable bonds is 6. The number of carbonyl (C=O) groups is 3. The zero-order chi connectivity index (χ0) is 45.7. The van der Waals surface area contributed by atoms with Crippen molar-refractivity contribution in [3.05, 3.63) is 87.2 Å². The van der Waals surface area contributed by atoms with Crippen LogP contribution < -0.4 is 67.8 Å². The average molecular weight is 1010 g/mol. The van der Waals surface area contributed by atoms with Crippen molar-refractivity contribution < 1.29 is 127 Å². The van der Waals surface area contributed by atoms with Crippen LogP contribution in [-0.2, 0) is 44.7 Å². The van der Waals surface area contributed by atoms with E-state index in [2.05, 4.69) is 50.2 Å². The summed E-state index contributed by atoms with van der Waals surface area (Å²) in [5, 5.41) is 18.1. The minimum Gasteiger partial charge on any atom is -0.870 e. The Morgan fingerprint density at radius 3 is 1.52 bits per heavy atom. The maximum Gasteiger partial charge on any atom is 1.00 e. The maximum absolute atomic E-state index is 14.6. The van der Waals surface area contributed by atoms with Crippen molar-refractivity contribution in [2.24, 2.45) is 4.30 Å². The molecule has 0 bridgehead atoms. The number of ether oxygens (including phenoxy) is 2. The average Bonchev–Trinajstić information content (AvgIpc) is 3.73. The number of halogens is 5. The molecule has 0 saturated carbocycles. The fourth-order valence-electron chi connectivity index (χ4n) is 5.85. The quantitative estimate of drug-likeness (QED) is 0.141. The Labute approximate surface area is 430 Å². The Kier molecular flexibility index (Phi) is 24.3. The van der Waals surface area contributed by atoms with E-state index in [1.165, 1.54) is 32.4 Å². The molecule has 3 heterocycles. The first-order valence-corrected chi connectivity index (χ1v) is 19.7. The Morgan fingerprint density at radius 1 is 0.762 bits per heavy atom. The zero-order valence-corrected chi connectivity index (χ0v) is 43.3. The number of aromatic carboxylic acids is 1. The van der Waals surface area contributed by atoms with E-state index in [1.54, 1.807) is 19.1 Å². The SMILES string of the molecule is COC(=O)c1ccc(B2OC(C)(C)C(C)(C)O2)c(C)c1F.COC(=O)c1ccc(B2OC(C)(C)C(C)(C)O2)c(CBr)c1F.Cl.O=C(O)c1ccc2c(c1F)COB2O.[B]=NS.[K+].[OH-]. The van der Waals surface area contributed by atoms with Crippen LogP contribution in [-0.4, -0.2) is 99.1 Å². The molecule has 337 valence electrons. The number of hydrogen-bond donors (Lipinski definition) is 3. The normalized spacial score (nSPS) is 16.7. The number of benzene rings is 3. The number of carboxylic acids is 1. The molecule has 0 atom stereocenters. The molecule has 3 N–H and O–H groups in total. The first-order valence-electron chi connectivity index (χ1n) is 18.2. The minimum atomic E-state index is -1.33. The zero-order valence-electron chi connectivity index (χ0n) is 36.9. The van der Waals surface area contributed by atoms with Crippen LogP contribution >= 0.6 is 41.2 Å². The fraction of sp³-hybridized carbons (Fsp3) is 0.447. The number of fused-ring (bicyclic) bond motifs is 1. The van der Waals surface area contributed by atoms with Crippen molar-refractivity contribution in [3.63, 3.8) is 0 Å². The molecule has 2 saturated heterocycles. The summed E-state index contributed by atoms with van der Waals surface area (Å²) >= 11 is 6.46. The summed E-state index contributed by atoms with van der Waals surface area (Å²) in [6.45, 7) is 17.0. The van der Waals surface area contributed by atoms with E-state index in [9.17, 15) is 32.6 Å². The Morgan fingerprint density at radius 2 is 1.13 bits per heavy atom. The third-order valence-electron chi connectivity index (χ3n) is 10.8. The summed E-state index contributed by atoms with van der Waals surface area (Å²) in [5.41, 5.74) is -0.378. The van der Waals surface area contributed by atoms with Gasteiger partial charge in [0.2, 0.25) is 0 Å². The van der Waals surface area contributed by atoms with Crippen molar-refractivity contribution in [3.8, 4) is 0 Å². The van der Waals surface area contributed by atoms with E-state index < -0.39 is 84.7 Å². The van der Waals surface area contributed by atoms with Gasteiger partial charge < -0.3 is 48.4 Å². The number of nitrogens with zero attached hydrogens (tertiary/aromatic N) is 1. The summed E-state index contributed by atoms with van der Waals surface area (Å²) in [7, 11) is 4.29. The van der Waals surface area contributed by atoms with Gasteiger partial charge in [-0.25, -0.2) is 27.6 Å². The van der Waals surface area contributed by atoms with Crippen LogP contribution in [0, 0.1) is 24.4 Å². The molecular formula is C38H48B4BrClF3KNO13S. The maximum atomic E-state index is 14.6. The van der Waals surface area contributed by atoms with E-state index in [1.807, 2.05) is 55.4 Å². The van der Waals surface area contributed by atoms with Gasteiger partial charge in [-0.3, -0.25) is 0 Å². The van der Waals surface area contributed by atoms with Gasteiger partial charge in [-0.2, -0.15) is 0 Å². The van der Waals surface area contributed by atoms with Crippen LogP contribution in [0.5, 0.6) is 0 Å². The number of alkyl halides is 1. The Hall–Kier alpha value is -1.60. The third-order valence-corrected chi connectivity index (χ3v) is 11.4. The van der Waals surface area contributed by atoms with E-state index in [-0.39, 0.29) is 97.9 Å². The van der Waals surface area contributed by atoms with Crippen LogP contribution in [0.15, 0.2) is 40.7 Å². The minimum absolute atomic E-state index is 0. The van der Waals surface area contributed by atoms with E-state index in [0.29, 0.717) is 27.5 Å². The second kappa shape index (κ2) is 25.0.